The van der Waals surface area contributed by atoms with E-state index in [1.54, 1.807) is 4.90 Å². The van der Waals surface area contributed by atoms with Crippen LogP contribution in [0.1, 0.15) is 91.3 Å². The maximum absolute atomic E-state index is 14.6. The van der Waals surface area contributed by atoms with Gasteiger partial charge in [-0.2, -0.15) is 0 Å². The molecule has 4 atom stereocenters. The first-order valence-electron chi connectivity index (χ1n) is 18.5. The number of amides is 3. The van der Waals surface area contributed by atoms with Crippen molar-refractivity contribution in [2.24, 2.45) is 11.8 Å². The lowest BCUT2D eigenvalue weighted by Gasteiger charge is -2.42. The Morgan fingerprint density at radius 3 is 2.02 bits per heavy atom. The van der Waals surface area contributed by atoms with Crippen LogP contribution in [0.25, 0.3) is 0 Å². The Hall–Kier alpha value is -3.50. The Labute approximate surface area is 307 Å². The number of rotatable bonds is 14. The topological polar surface area (TPSA) is 114 Å². The fourth-order valence-corrected chi connectivity index (χ4v) is 7.47. The van der Waals surface area contributed by atoms with Crippen LogP contribution in [0.15, 0.2) is 54.6 Å². The summed E-state index contributed by atoms with van der Waals surface area (Å²) in [4.78, 5) is 55.4. The van der Waals surface area contributed by atoms with Gasteiger partial charge < -0.3 is 24.7 Å². The van der Waals surface area contributed by atoms with Crippen LogP contribution >= 0.6 is 0 Å². The third kappa shape index (κ3) is 13.2. The molecule has 2 aromatic rings. The first kappa shape index (κ1) is 41.9. The molecule has 0 bridgehead atoms. The third-order valence-electron chi connectivity index (χ3n) is 10.0. The van der Waals surface area contributed by atoms with Crippen molar-refractivity contribution < 1.29 is 28.3 Å². The summed E-state index contributed by atoms with van der Waals surface area (Å²) >= 11 is 0. The van der Waals surface area contributed by atoms with Crippen molar-refractivity contribution in [3.8, 4) is 0 Å². The fraction of sp³-hybridized carbons (Fsp3) is 0.610. The highest BCUT2D eigenvalue weighted by atomic mass is 28.4. The Morgan fingerprint density at radius 1 is 0.863 bits per heavy atom. The second-order valence-electron chi connectivity index (χ2n) is 17.1. The summed E-state index contributed by atoms with van der Waals surface area (Å²) in [5.41, 5.74) is 2.41. The van der Waals surface area contributed by atoms with Gasteiger partial charge in [0.25, 0.3) is 0 Å². The van der Waals surface area contributed by atoms with Crippen LogP contribution in [-0.2, 0) is 36.4 Å². The molecular weight excluding hydrogens is 659 g/mol. The van der Waals surface area contributed by atoms with Gasteiger partial charge in [-0.1, -0.05) is 94.8 Å². The maximum atomic E-state index is 14.6. The van der Waals surface area contributed by atoms with Crippen LogP contribution in [0, 0.1) is 18.8 Å². The van der Waals surface area contributed by atoms with Crippen molar-refractivity contribution in [1.29, 1.82) is 0 Å². The average Bonchev–Trinajstić information content (AvgIpc) is 3.01. The van der Waals surface area contributed by atoms with Gasteiger partial charge in [0.05, 0.1) is 12.1 Å². The number of aryl methyl sites for hydroxylation is 1. The molecule has 1 saturated heterocycles. The number of likely N-dealkylation sites (tertiary alicyclic amines) is 1. The number of alkyl carbamates (subject to hydrolysis) is 1. The Kier molecular flexibility index (Phi) is 14.6. The van der Waals surface area contributed by atoms with Crippen LogP contribution in [0.5, 0.6) is 0 Å². The number of carbonyl (C=O) groups excluding carboxylic acids is 4. The van der Waals surface area contributed by atoms with Crippen molar-refractivity contribution in [2.45, 2.75) is 136 Å². The molecule has 3 amide bonds. The van der Waals surface area contributed by atoms with E-state index in [4.69, 9.17) is 9.16 Å². The predicted octanol–water partition coefficient (Wildman–Crippen LogP) is 7.40. The quantitative estimate of drug-likeness (QED) is 0.197. The molecule has 2 N–H and O–H groups in total. The molecule has 0 aromatic heterocycles. The van der Waals surface area contributed by atoms with Crippen LogP contribution < -0.4 is 10.6 Å². The van der Waals surface area contributed by atoms with Gasteiger partial charge in [0.15, 0.2) is 8.32 Å². The highest BCUT2D eigenvalue weighted by Gasteiger charge is 2.43. The average molecular weight is 722 g/mol. The van der Waals surface area contributed by atoms with E-state index in [-0.39, 0.29) is 28.6 Å². The number of benzene rings is 2. The van der Waals surface area contributed by atoms with Gasteiger partial charge in [-0.25, -0.2) is 4.79 Å². The summed E-state index contributed by atoms with van der Waals surface area (Å²) in [6, 6.07) is 16.8. The Morgan fingerprint density at radius 2 is 1.47 bits per heavy atom. The fourth-order valence-electron chi connectivity index (χ4n) is 6.10. The smallest absolute Gasteiger partial charge is 0.407 e. The second kappa shape index (κ2) is 17.8. The number of hydrogen-bond donors (Lipinski definition) is 2. The molecule has 1 aliphatic heterocycles. The second-order valence-corrected chi connectivity index (χ2v) is 21.8. The molecule has 4 unspecified atom stereocenters. The lowest BCUT2D eigenvalue weighted by atomic mass is 9.87. The van der Waals surface area contributed by atoms with Gasteiger partial charge >= 0.3 is 6.09 Å². The molecule has 1 fully saturated rings. The third-order valence-corrected chi connectivity index (χ3v) is 14.5. The van der Waals surface area contributed by atoms with Crippen LogP contribution in [-0.4, -0.2) is 73.8 Å². The summed E-state index contributed by atoms with van der Waals surface area (Å²) in [7, 11) is -2.46. The van der Waals surface area contributed by atoms with Crippen LogP contribution in [0.3, 0.4) is 0 Å². The molecule has 1 aliphatic rings. The van der Waals surface area contributed by atoms with E-state index in [1.807, 2.05) is 90.1 Å². The monoisotopic (exact) mass is 721 g/mol. The van der Waals surface area contributed by atoms with Gasteiger partial charge in [0, 0.05) is 31.8 Å². The van der Waals surface area contributed by atoms with E-state index >= 15 is 0 Å². The minimum atomic E-state index is -2.46. The number of nitrogens with one attached hydrogen (secondary N) is 2. The number of ketones is 1. The van der Waals surface area contributed by atoms with Crippen molar-refractivity contribution >= 4 is 32.0 Å². The molecule has 0 aliphatic carbocycles. The van der Waals surface area contributed by atoms with Crippen molar-refractivity contribution in [1.82, 2.24) is 15.5 Å². The zero-order valence-electron chi connectivity index (χ0n) is 32.9. The van der Waals surface area contributed by atoms with Gasteiger partial charge in [-0.05, 0) is 82.1 Å². The molecule has 282 valence electrons. The van der Waals surface area contributed by atoms with Gasteiger partial charge in [0.1, 0.15) is 17.4 Å². The normalized spacial score (nSPS) is 16.6. The highest BCUT2D eigenvalue weighted by molar-refractivity contribution is 6.74. The SMILES string of the molecule is Cc1cccc(CC(CC(O[Si](C)(C)C(C)(C)C)C(Cc2ccccc2)NC(=O)OC(C)(C)C)C(=O)NC(C(=O)N2CCC(=O)CC2)C(C)C)c1. The molecule has 2 aromatic carbocycles. The van der Waals surface area contributed by atoms with E-state index in [0.717, 1.165) is 16.7 Å². The largest absolute Gasteiger partial charge is 0.444 e. The first-order valence-corrected chi connectivity index (χ1v) is 21.4. The minimum Gasteiger partial charge on any atom is -0.444 e. The molecule has 10 heteroatoms. The van der Waals surface area contributed by atoms with Gasteiger partial charge in [0.2, 0.25) is 11.8 Å². The van der Waals surface area contributed by atoms with Gasteiger partial charge in [-0.15, -0.1) is 0 Å². The molecule has 51 heavy (non-hydrogen) atoms. The standard InChI is InChI=1S/C41H63N3O6Si/c1-28(2)36(38(47)44-22-20-33(45)21-23-44)43-37(46)32(25-31-19-15-16-29(3)24-31)27-35(50-51(10,11)41(7,8)9)34(26-30-17-13-12-14-18-30)42-39(48)49-40(4,5)6/h12-19,24,28,32,34-36H,20-23,25-27H2,1-11H3,(H,42,48)(H,43,46). The molecule has 0 radical (unpaired) electrons. The molecule has 1 heterocycles. The summed E-state index contributed by atoms with van der Waals surface area (Å²) in [5, 5.41) is 6.16. The molecule has 9 nitrogen and oxygen atoms in total. The van der Waals surface area contributed by atoms with E-state index in [1.165, 1.54) is 0 Å². The van der Waals surface area contributed by atoms with E-state index in [9.17, 15) is 19.2 Å². The zero-order chi connectivity index (χ0) is 38.1. The molecule has 3 rings (SSSR count). The zero-order valence-corrected chi connectivity index (χ0v) is 33.9. The minimum absolute atomic E-state index is 0.145. The summed E-state index contributed by atoms with van der Waals surface area (Å²) in [5.74, 6) is -1.01. The van der Waals surface area contributed by atoms with Crippen molar-refractivity contribution in [3.63, 3.8) is 0 Å². The van der Waals surface area contributed by atoms with E-state index in [2.05, 4.69) is 50.6 Å². The number of carbonyl (C=O) groups is 4. The Bertz CT molecular complexity index is 1470. The summed E-state index contributed by atoms with van der Waals surface area (Å²) in [6.45, 7) is 23.0. The van der Waals surface area contributed by atoms with Crippen LogP contribution in [0.4, 0.5) is 4.79 Å². The van der Waals surface area contributed by atoms with E-state index in [0.29, 0.717) is 45.2 Å². The number of Topliss-reactive ketones (excluding diaryl/α,β-unsaturated/α-hetero) is 1. The maximum Gasteiger partial charge on any atom is 0.407 e. The lowest BCUT2D eigenvalue weighted by molar-refractivity contribution is -0.141. The summed E-state index contributed by atoms with van der Waals surface area (Å²) in [6.07, 6.45) is 0.765. The molecule has 0 spiro atoms. The molecule has 0 saturated carbocycles. The summed E-state index contributed by atoms with van der Waals surface area (Å²) < 4.78 is 12.9. The highest BCUT2D eigenvalue weighted by Crippen LogP contribution is 2.39. The number of nitrogens with zero attached hydrogens (tertiary/aromatic N) is 1. The Balaban J connectivity index is 2.07. The first-order chi connectivity index (χ1) is 23.6. The molecular formula is C41H63N3O6Si. The van der Waals surface area contributed by atoms with E-state index < -0.39 is 44.1 Å². The number of ether oxygens (including phenoxy) is 1. The number of piperidine rings is 1. The predicted molar refractivity (Wildman–Crippen MR) is 206 cm³/mol. The van der Waals surface area contributed by atoms with Crippen molar-refractivity contribution in [3.05, 3.63) is 71.3 Å². The lowest BCUT2D eigenvalue weighted by Crippen LogP contribution is -2.56. The number of hydrogen-bond acceptors (Lipinski definition) is 6. The van der Waals surface area contributed by atoms with Crippen molar-refractivity contribution in [2.75, 3.05) is 13.1 Å². The van der Waals surface area contributed by atoms with Crippen LogP contribution in [0.2, 0.25) is 18.1 Å². The van der Waals surface area contributed by atoms with Gasteiger partial charge in [-0.3, -0.25) is 14.4 Å².